The molecule has 0 aliphatic heterocycles. The van der Waals surface area contributed by atoms with Gasteiger partial charge in [-0.1, -0.05) is 26.2 Å². The Labute approximate surface area is 84.8 Å². The van der Waals surface area contributed by atoms with E-state index in [0.717, 1.165) is 11.6 Å². The summed E-state index contributed by atoms with van der Waals surface area (Å²) in [6, 6.07) is 0.0500. The van der Waals surface area contributed by atoms with Gasteiger partial charge in [-0.2, -0.15) is 0 Å². The largest absolute Gasteiger partial charge is 0.322 e. The normalized spacial score (nSPS) is 21.3. The maximum Gasteiger partial charge on any atom is 0.0756 e. The van der Waals surface area contributed by atoms with E-state index in [4.69, 9.17) is 5.73 Å². The topological polar surface area (TPSA) is 51.8 Å². The summed E-state index contributed by atoms with van der Waals surface area (Å²) in [6.07, 6.45) is 9.19. The van der Waals surface area contributed by atoms with Crippen molar-refractivity contribution in [2.45, 2.75) is 32.2 Å². The Bertz CT molecular complexity index is 282. The Hall–Kier alpha value is -0.960. The van der Waals surface area contributed by atoms with Gasteiger partial charge in [-0.05, 0) is 11.8 Å². The van der Waals surface area contributed by atoms with E-state index >= 15 is 0 Å². The van der Waals surface area contributed by atoms with E-state index in [1.807, 2.05) is 0 Å². The molecule has 0 amide bonds. The molecule has 2 N–H and O–H groups in total. The molecule has 0 bridgehead atoms. The fraction of sp³-hybridized carbons (Fsp3) is 0.636. The molecule has 0 saturated heterocycles. The van der Waals surface area contributed by atoms with Gasteiger partial charge in [0.25, 0.3) is 0 Å². The first-order valence-corrected chi connectivity index (χ1v) is 5.30. The molecule has 1 heterocycles. The number of aromatic nitrogens is 2. The third-order valence-corrected chi connectivity index (χ3v) is 3.38. The standard InChI is InChI=1S/C11H17N3/c1-8(9-3-2-4-9)11(12)10-7-13-5-6-14-10/h5-9,11H,2-4,12H2,1H3. The van der Waals surface area contributed by atoms with E-state index in [0.29, 0.717) is 5.92 Å². The second-order valence-electron chi connectivity index (χ2n) is 4.21. The van der Waals surface area contributed by atoms with Crippen molar-refractivity contribution < 1.29 is 0 Å². The second kappa shape index (κ2) is 4.05. The second-order valence-corrected chi connectivity index (χ2v) is 4.21. The summed E-state index contributed by atoms with van der Waals surface area (Å²) in [4.78, 5) is 8.30. The maximum atomic E-state index is 6.15. The average molecular weight is 191 g/mol. The molecule has 0 radical (unpaired) electrons. The fourth-order valence-electron chi connectivity index (χ4n) is 2.01. The highest BCUT2D eigenvalue weighted by Crippen LogP contribution is 2.37. The molecule has 3 nitrogen and oxygen atoms in total. The van der Waals surface area contributed by atoms with E-state index in [1.54, 1.807) is 18.6 Å². The number of nitrogens with two attached hydrogens (primary N) is 1. The molecule has 2 atom stereocenters. The van der Waals surface area contributed by atoms with Crippen LogP contribution >= 0.6 is 0 Å². The van der Waals surface area contributed by atoms with Crippen LogP contribution in [0, 0.1) is 11.8 Å². The number of nitrogens with zero attached hydrogens (tertiary/aromatic N) is 2. The van der Waals surface area contributed by atoms with E-state index in [9.17, 15) is 0 Å². The SMILES string of the molecule is CC(C1CCC1)C(N)c1cnccn1. The highest BCUT2D eigenvalue weighted by molar-refractivity contribution is 5.03. The van der Waals surface area contributed by atoms with Gasteiger partial charge in [-0.15, -0.1) is 0 Å². The van der Waals surface area contributed by atoms with Crippen molar-refractivity contribution in [3.63, 3.8) is 0 Å². The minimum Gasteiger partial charge on any atom is -0.322 e. The Balaban J connectivity index is 2.03. The van der Waals surface area contributed by atoms with Crippen LogP contribution < -0.4 is 5.73 Å². The van der Waals surface area contributed by atoms with Crippen molar-refractivity contribution in [3.8, 4) is 0 Å². The minimum absolute atomic E-state index is 0.0500. The van der Waals surface area contributed by atoms with Crippen molar-refractivity contribution in [1.29, 1.82) is 0 Å². The van der Waals surface area contributed by atoms with Gasteiger partial charge in [-0.25, -0.2) is 0 Å². The quantitative estimate of drug-likeness (QED) is 0.794. The molecule has 3 heteroatoms. The molecule has 1 saturated carbocycles. The number of rotatable bonds is 3. The predicted octanol–water partition coefficient (Wildman–Crippen LogP) is 1.91. The lowest BCUT2D eigenvalue weighted by molar-refractivity contribution is 0.191. The van der Waals surface area contributed by atoms with Gasteiger partial charge in [-0.3, -0.25) is 9.97 Å². The van der Waals surface area contributed by atoms with Gasteiger partial charge >= 0.3 is 0 Å². The van der Waals surface area contributed by atoms with Gasteiger partial charge in [0.2, 0.25) is 0 Å². The van der Waals surface area contributed by atoms with Crippen molar-refractivity contribution in [3.05, 3.63) is 24.3 Å². The Morgan fingerprint density at radius 2 is 2.21 bits per heavy atom. The summed E-state index contributed by atoms with van der Waals surface area (Å²) in [5.41, 5.74) is 7.07. The Kier molecular flexibility index (Phi) is 2.77. The van der Waals surface area contributed by atoms with Crippen molar-refractivity contribution in [2.75, 3.05) is 0 Å². The molecule has 1 aliphatic rings. The Morgan fingerprint density at radius 3 is 2.71 bits per heavy atom. The highest BCUT2D eigenvalue weighted by atomic mass is 14.8. The van der Waals surface area contributed by atoms with Crippen molar-refractivity contribution in [2.24, 2.45) is 17.6 Å². The molecule has 2 rings (SSSR count). The average Bonchev–Trinajstić information content (AvgIpc) is 2.15. The van der Waals surface area contributed by atoms with Crippen LogP contribution in [-0.2, 0) is 0 Å². The predicted molar refractivity (Wildman–Crippen MR) is 55.5 cm³/mol. The molecule has 0 spiro atoms. The monoisotopic (exact) mass is 191 g/mol. The van der Waals surface area contributed by atoms with Gasteiger partial charge in [0.05, 0.1) is 11.7 Å². The molecule has 14 heavy (non-hydrogen) atoms. The molecule has 1 aromatic rings. The van der Waals surface area contributed by atoms with Crippen LogP contribution in [0.5, 0.6) is 0 Å². The zero-order valence-corrected chi connectivity index (χ0v) is 8.56. The smallest absolute Gasteiger partial charge is 0.0756 e. The van der Waals surface area contributed by atoms with Gasteiger partial charge in [0, 0.05) is 18.6 Å². The van der Waals surface area contributed by atoms with Crippen LogP contribution in [0.2, 0.25) is 0 Å². The van der Waals surface area contributed by atoms with E-state index in [2.05, 4.69) is 16.9 Å². The van der Waals surface area contributed by atoms with E-state index < -0.39 is 0 Å². The molecular formula is C11H17N3. The zero-order valence-electron chi connectivity index (χ0n) is 8.56. The molecule has 2 unspecified atom stereocenters. The van der Waals surface area contributed by atoms with Crippen LogP contribution in [0.25, 0.3) is 0 Å². The third kappa shape index (κ3) is 1.77. The van der Waals surface area contributed by atoms with Crippen molar-refractivity contribution >= 4 is 0 Å². The van der Waals surface area contributed by atoms with Gasteiger partial charge in [0.15, 0.2) is 0 Å². The zero-order chi connectivity index (χ0) is 9.97. The first-order chi connectivity index (χ1) is 6.79. The molecular weight excluding hydrogens is 174 g/mol. The minimum atomic E-state index is 0.0500. The van der Waals surface area contributed by atoms with Crippen LogP contribution in [0.15, 0.2) is 18.6 Å². The number of hydrogen-bond acceptors (Lipinski definition) is 3. The molecule has 76 valence electrons. The summed E-state index contributed by atoms with van der Waals surface area (Å²) in [6.45, 7) is 2.23. The molecule has 1 aromatic heterocycles. The summed E-state index contributed by atoms with van der Waals surface area (Å²) >= 11 is 0. The first-order valence-electron chi connectivity index (χ1n) is 5.30. The van der Waals surface area contributed by atoms with E-state index in [1.165, 1.54) is 19.3 Å². The lowest BCUT2D eigenvalue weighted by atomic mass is 9.73. The van der Waals surface area contributed by atoms with Crippen LogP contribution in [0.4, 0.5) is 0 Å². The van der Waals surface area contributed by atoms with Gasteiger partial charge in [0.1, 0.15) is 0 Å². The molecule has 0 aromatic carbocycles. The lowest BCUT2D eigenvalue weighted by Gasteiger charge is -2.34. The highest BCUT2D eigenvalue weighted by Gasteiger charge is 2.29. The summed E-state index contributed by atoms with van der Waals surface area (Å²) < 4.78 is 0. The first kappa shape index (κ1) is 9.59. The van der Waals surface area contributed by atoms with Crippen LogP contribution in [-0.4, -0.2) is 9.97 Å². The Morgan fingerprint density at radius 1 is 1.43 bits per heavy atom. The van der Waals surface area contributed by atoms with Gasteiger partial charge < -0.3 is 5.73 Å². The van der Waals surface area contributed by atoms with E-state index in [-0.39, 0.29) is 6.04 Å². The fourth-order valence-corrected chi connectivity index (χ4v) is 2.01. The number of hydrogen-bond donors (Lipinski definition) is 1. The molecule has 1 aliphatic carbocycles. The summed E-state index contributed by atoms with van der Waals surface area (Å²) in [7, 11) is 0. The summed E-state index contributed by atoms with van der Waals surface area (Å²) in [5, 5.41) is 0. The molecule has 1 fully saturated rings. The van der Waals surface area contributed by atoms with Crippen LogP contribution in [0.3, 0.4) is 0 Å². The third-order valence-electron chi connectivity index (χ3n) is 3.38. The van der Waals surface area contributed by atoms with Crippen molar-refractivity contribution in [1.82, 2.24) is 9.97 Å². The lowest BCUT2D eigenvalue weighted by Crippen LogP contribution is -2.30. The van der Waals surface area contributed by atoms with Crippen LogP contribution in [0.1, 0.15) is 37.9 Å². The summed E-state index contributed by atoms with van der Waals surface area (Å²) in [5.74, 6) is 1.33. The maximum absolute atomic E-state index is 6.15.